The third-order valence-electron chi connectivity index (χ3n) is 5.47. The van der Waals surface area contributed by atoms with E-state index in [1.165, 1.54) is 22.3 Å². The molecule has 0 N–H and O–H groups in total. The minimum absolute atomic E-state index is 0.468. The molecule has 2 aromatic rings. The van der Waals surface area contributed by atoms with Crippen molar-refractivity contribution in [3.63, 3.8) is 0 Å². The molecule has 0 saturated carbocycles. The molecule has 2 aromatic carbocycles. The second kappa shape index (κ2) is 6.99. The number of benzene rings is 2. The van der Waals surface area contributed by atoms with Crippen LogP contribution in [0.4, 0.5) is 0 Å². The van der Waals surface area contributed by atoms with E-state index in [1.807, 2.05) is 0 Å². The first-order valence-corrected chi connectivity index (χ1v) is 21.0. The Kier molecular flexibility index (Phi) is 4.88. The molecule has 2 aliphatic rings. The van der Waals surface area contributed by atoms with Gasteiger partial charge in [-0.05, 0) is 0 Å². The summed E-state index contributed by atoms with van der Waals surface area (Å²) >= 11 is -2.93. The van der Waals surface area contributed by atoms with Gasteiger partial charge in [-0.3, -0.25) is 0 Å². The van der Waals surface area contributed by atoms with Crippen molar-refractivity contribution in [2.75, 3.05) is 0 Å². The molecule has 4 rings (SSSR count). The van der Waals surface area contributed by atoms with Crippen molar-refractivity contribution in [2.45, 2.75) is 20.3 Å². The van der Waals surface area contributed by atoms with E-state index in [1.54, 1.807) is 0 Å². The first-order chi connectivity index (χ1) is 12.1. The van der Waals surface area contributed by atoms with Crippen LogP contribution in [0.2, 0.25) is 16.7 Å². The number of fused-ring (bicyclic) bond motifs is 1. The third kappa shape index (κ3) is 2.93. The van der Waals surface area contributed by atoms with E-state index < -0.39 is 23.1 Å². The van der Waals surface area contributed by atoms with E-state index in [0.717, 1.165) is 0 Å². The third-order valence-corrected chi connectivity index (χ3v) is 38.5. The second-order valence-electron chi connectivity index (χ2n) is 7.07. The average Bonchev–Trinajstić information content (AvgIpc) is 3.31. The Bertz CT molecular complexity index is 937. The van der Waals surface area contributed by atoms with Crippen LogP contribution in [-0.2, 0) is 17.7 Å². The van der Waals surface area contributed by atoms with Crippen molar-refractivity contribution in [3.05, 3.63) is 90.0 Å². The molecule has 2 atom stereocenters. The molecule has 0 spiro atoms. The van der Waals surface area contributed by atoms with Crippen molar-refractivity contribution in [3.8, 4) is 11.1 Å². The Labute approximate surface area is 158 Å². The van der Waals surface area contributed by atoms with Gasteiger partial charge in [0.15, 0.2) is 0 Å². The fourth-order valence-electron chi connectivity index (χ4n) is 4.14. The van der Waals surface area contributed by atoms with E-state index in [4.69, 9.17) is 8.51 Å². The van der Waals surface area contributed by atoms with Gasteiger partial charge in [0.05, 0.1) is 0 Å². The minimum atomic E-state index is -2.93. The van der Waals surface area contributed by atoms with Gasteiger partial charge in [-0.1, -0.05) is 0 Å². The molecule has 0 aliphatic heterocycles. The van der Waals surface area contributed by atoms with Crippen LogP contribution >= 0.6 is 8.51 Å². The van der Waals surface area contributed by atoms with Gasteiger partial charge < -0.3 is 0 Å². The van der Waals surface area contributed by atoms with Crippen LogP contribution in [0.25, 0.3) is 17.2 Å². The zero-order valence-electron chi connectivity index (χ0n) is 14.6. The normalized spacial score (nSPS) is 20.7. The summed E-state index contributed by atoms with van der Waals surface area (Å²) in [5.41, 5.74) is 4.94. The maximum absolute atomic E-state index is 7.61. The molecule has 0 amide bonds. The van der Waals surface area contributed by atoms with Crippen molar-refractivity contribution < 1.29 is 17.7 Å². The Hall–Kier alpha value is -0.950. The summed E-state index contributed by atoms with van der Waals surface area (Å²) in [6.07, 6.45) is 13.8. The van der Waals surface area contributed by atoms with E-state index >= 15 is 0 Å². The Morgan fingerprint density at radius 2 is 1.60 bits per heavy atom. The second-order valence-corrected chi connectivity index (χ2v) is 33.9. The standard InChI is InChI=1S/C15H11.C5H5.C2H6Si.ClH.Zr/c1-2-6-12(7-3-1)14-10-4-8-13-9-5-11-15(13)14;1-2-4-5-3-1;1-3-2;;/h1-11H;1-5H;1-2H3;1H;/q;;;;+1/p-1. The van der Waals surface area contributed by atoms with Crippen LogP contribution in [0.3, 0.4) is 0 Å². The van der Waals surface area contributed by atoms with Gasteiger partial charge in [-0.15, -0.1) is 0 Å². The molecule has 2 unspecified atom stereocenters. The van der Waals surface area contributed by atoms with Crippen molar-refractivity contribution in [1.29, 1.82) is 0 Å². The number of allylic oxidation sites excluding steroid dienone is 5. The van der Waals surface area contributed by atoms with Gasteiger partial charge in [0, 0.05) is 0 Å². The molecule has 0 nitrogen and oxygen atoms in total. The van der Waals surface area contributed by atoms with Crippen molar-refractivity contribution >= 4 is 20.0 Å². The van der Waals surface area contributed by atoms with Crippen LogP contribution in [0, 0.1) is 0 Å². The Morgan fingerprint density at radius 1 is 0.880 bits per heavy atom. The SMILES string of the molecule is C[Si](C)=[Zr]([Cl])([CH]1C=CC=C1)[CH]1C=Cc2c(-c3ccccc3)cccc21. The zero-order chi connectivity index (χ0) is 17.4. The summed E-state index contributed by atoms with van der Waals surface area (Å²) in [7, 11) is 7.61. The van der Waals surface area contributed by atoms with Gasteiger partial charge in [0.25, 0.3) is 0 Å². The number of hydrogen-bond donors (Lipinski definition) is 0. The summed E-state index contributed by atoms with van der Waals surface area (Å²) in [6, 6.07) is 17.5. The van der Waals surface area contributed by atoms with Crippen molar-refractivity contribution in [1.82, 2.24) is 0 Å². The van der Waals surface area contributed by atoms with Gasteiger partial charge in [0.1, 0.15) is 0 Å². The summed E-state index contributed by atoms with van der Waals surface area (Å²) in [5, 5.41) is 0. The van der Waals surface area contributed by atoms with Crippen molar-refractivity contribution in [2.24, 2.45) is 0 Å². The first kappa shape index (κ1) is 17.5. The molecule has 3 heteroatoms. The molecular formula is C22H22ClSiZr. The Morgan fingerprint density at radius 3 is 2.28 bits per heavy atom. The summed E-state index contributed by atoms with van der Waals surface area (Å²) in [6.45, 7) is 4.86. The van der Waals surface area contributed by atoms with E-state index in [9.17, 15) is 0 Å². The van der Waals surface area contributed by atoms with Crippen LogP contribution in [-0.4, -0.2) is 5.43 Å². The van der Waals surface area contributed by atoms with E-state index in [-0.39, 0.29) is 0 Å². The van der Waals surface area contributed by atoms with Crippen LogP contribution in [0.5, 0.6) is 0 Å². The zero-order valence-corrected chi connectivity index (χ0v) is 18.8. The topological polar surface area (TPSA) is 0 Å². The molecule has 0 aromatic heterocycles. The summed E-state index contributed by atoms with van der Waals surface area (Å²) in [5.74, 6) is 0. The molecular weight excluding hydrogens is 419 g/mol. The maximum atomic E-state index is 7.61. The average molecular weight is 441 g/mol. The number of halogens is 1. The molecule has 0 radical (unpaired) electrons. The monoisotopic (exact) mass is 439 g/mol. The van der Waals surface area contributed by atoms with Gasteiger partial charge in [-0.25, -0.2) is 0 Å². The molecule has 0 bridgehead atoms. The summed E-state index contributed by atoms with van der Waals surface area (Å²) in [4.78, 5) is 0. The van der Waals surface area contributed by atoms with Crippen LogP contribution in [0.1, 0.15) is 14.8 Å². The Balaban J connectivity index is 1.86. The molecule has 25 heavy (non-hydrogen) atoms. The van der Waals surface area contributed by atoms with Gasteiger partial charge >= 0.3 is 159 Å². The summed E-state index contributed by atoms with van der Waals surface area (Å²) < 4.78 is 0.983. The molecule has 125 valence electrons. The quantitative estimate of drug-likeness (QED) is 0.455. The van der Waals surface area contributed by atoms with E-state index in [0.29, 0.717) is 7.25 Å². The predicted molar refractivity (Wildman–Crippen MR) is 109 cm³/mol. The molecule has 2 aliphatic carbocycles. The molecule has 0 saturated heterocycles. The molecule has 0 fully saturated rings. The van der Waals surface area contributed by atoms with Crippen LogP contribution < -0.4 is 0 Å². The van der Waals surface area contributed by atoms with E-state index in [2.05, 4.69) is 98.1 Å². The molecule has 0 heterocycles. The fourth-order valence-corrected chi connectivity index (χ4v) is 25.1. The number of hydrogen-bond acceptors (Lipinski definition) is 0. The predicted octanol–water partition coefficient (Wildman–Crippen LogP) is 6.89. The van der Waals surface area contributed by atoms with Gasteiger partial charge in [0.2, 0.25) is 0 Å². The fraction of sp³-hybridized carbons (Fsp3) is 0.182. The first-order valence-electron chi connectivity index (χ1n) is 8.83. The van der Waals surface area contributed by atoms with Gasteiger partial charge in [-0.2, -0.15) is 0 Å². The number of rotatable bonds is 3. The van der Waals surface area contributed by atoms with Crippen LogP contribution in [0.15, 0.2) is 78.9 Å².